The Kier molecular flexibility index (Phi) is 20.0. The van der Waals surface area contributed by atoms with Crippen LogP contribution in [0, 0.1) is 0 Å². The second kappa shape index (κ2) is 16.3. The number of hydrogen-bond donors (Lipinski definition) is 1. The molecule has 5 nitrogen and oxygen atoms in total. The van der Waals surface area contributed by atoms with E-state index in [4.69, 9.17) is 5.73 Å². The fourth-order valence-corrected chi connectivity index (χ4v) is 1.08. The predicted octanol–water partition coefficient (Wildman–Crippen LogP) is 2.94. The zero-order valence-corrected chi connectivity index (χ0v) is 18.4. The van der Waals surface area contributed by atoms with E-state index in [1.54, 1.807) is 11.8 Å². The third-order valence-electron chi connectivity index (χ3n) is 2.28. The summed E-state index contributed by atoms with van der Waals surface area (Å²) in [6.07, 6.45) is 2.07. The van der Waals surface area contributed by atoms with Crippen LogP contribution in [-0.4, -0.2) is 71.3 Å². The van der Waals surface area contributed by atoms with E-state index in [9.17, 15) is 0 Å². The largest absolute Gasteiger partial charge is 0.374 e. The topological polar surface area (TPSA) is 57.2 Å². The summed E-state index contributed by atoms with van der Waals surface area (Å²) in [5, 5.41) is 0.559. The van der Waals surface area contributed by atoms with Gasteiger partial charge in [0.1, 0.15) is 5.84 Å². The smallest absolute Gasteiger partial charge is 0.191 e. The van der Waals surface area contributed by atoms with Gasteiger partial charge in [0, 0.05) is 28.2 Å². The van der Waals surface area contributed by atoms with Crippen molar-refractivity contribution in [1.82, 2.24) is 9.80 Å². The van der Waals surface area contributed by atoms with Crippen LogP contribution < -0.4 is 5.73 Å². The number of hydrogen-bond acceptors (Lipinski definition) is 3. The SMILES string of the molecule is CC(=NC(N)=S)N(C)C.CI.CSC(C)N=C(C)N(C)C. The third-order valence-corrected chi connectivity index (χ3v) is 3.16. The lowest BCUT2D eigenvalue weighted by atomic mass is 10.6. The van der Waals surface area contributed by atoms with E-state index in [1.165, 1.54) is 0 Å². The first-order valence-electron chi connectivity index (χ1n) is 6.26. The molecular formula is C13H30IN5S2. The van der Waals surface area contributed by atoms with Crippen molar-refractivity contribution in [3.8, 4) is 0 Å². The number of alkyl halides is 1. The molecule has 126 valence electrons. The summed E-state index contributed by atoms with van der Waals surface area (Å²) >= 11 is 8.46. The van der Waals surface area contributed by atoms with Gasteiger partial charge in [0.25, 0.3) is 0 Å². The average Bonchev–Trinajstić information content (AvgIpc) is 2.40. The van der Waals surface area contributed by atoms with Crippen LogP contribution >= 0.6 is 46.6 Å². The van der Waals surface area contributed by atoms with Crippen LogP contribution in [0.15, 0.2) is 9.98 Å². The van der Waals surface area contributed by atoms with Gasteiger partial charge < -0.3 is 15.5 Å². The molecule has 21 heavy (non-hydrogen) atoms. The molecule has 0 aromatic rings. The quantitative estimate of drug-likeness (QED) is 0.232. The van der Waals surface area contributed by atoms with E-state index in [-0.39, 0.29) is 5.11 Å². The second-order valence-electron chi connectivity index (χ2n) is 4.30. The van der Waals surface area contributed by atoms with Gasteiger partial charge in [0.2, 0.25) is 0 Å². The molecule has 8 heteroatoms. The van der Waals surface area contributed by atoms with Crippen LogP contribution in [0.25, 0.3) is 0 Å². The molecule has 0 saturated carbocycles. The maximum atomic E-state index is 5.15. The van der Waals surface area contributed by atoms with Crippen LogP contribution in [0.4, 0.5) is 0 Å². The molecule has 0 amide bonds. The maximum absolute atomic E-state index is 5.15. The van der Waals surface area contributed by atoms with E-state index < -0.39 is 0 Å². The van der Waals surface area contributed by atoms with Gasteiger partial charge in [-0.15, -0.1) is 11.8 Å². The summed E-state index contributed by atoms with van der Waals surface area (Å²) in [6, 6.07) is 0. The van der Waals surface area contributed by atoms with Crippen molar-refractivity contribution in [3.63, 3.8) is 0 Å². The molecule has 0 aromatic carbocycles. The predicted molar refractivity (Wildman–Crippen MR) is 113 cm³/mol. The summed E-state index contributed by atoms with van der Waals surface area (Å²) in [4.78, 5) is 14.1. The zero-order valence-electron chi connectivity index (χ0n) is 14.6. The highest BCUT2D eigenvalue weighted by Crippen LogP contribution is 2.06. The number of thioether (sulfide) groups is 1. The van der Waals surface area contributed by atoms with E-state index in [1.807, 2.05) is 56.8 Å². The van der Waals surface area contributed by atoms with Gasteiger partial charge in [-0.25, -0.2) is 4.99 Å². The Bertz CT molecular complexity index is 331. The molecule has 0 rings (SSSR count). The first-order valence-corrected chi connectivity index (χ1v) is 10.1. The van der Waals surface area contributed by atoms with E-state index in [2.05, 4.69) is 58.0 Å². The Morgan fingerprint density at radius 3 is 1.67 bits per heavy atom. The molecule has 1 atom stereocenters. The van der Waals surface area contributed by atoms with Gasteiger partial charge in [-0.1, -0.05) is 22.6 Å². The van der Waals surface area contributed by atoms with Gasteiger partial charge in [-0.3, -0.25) is 4.99 Å². The lowest BCUT2D eigenvalue weighted by Gasteiger charge is -2.12. The van der Waals surface area contributed by atoms with E-state index in [0.717, 1.165) is 11.7 Å². The van der Waals surface area contributed by atoms with Gasteiger partial charge in [-0.2, -0.15) is 0 Å². The van der Waals surface area contributed by atoms with Crippen molar-refractivity contribution in [1.29, 1.82) is 0 Å². The van der Waals surface area contributed by atoms with Crippen LogP contribution in [0.5, 0.6) is 0 Å². The van der Waals surface area contributed by atoms with Crippen molar-refractivity contribution in [3.05, 3.63) is 0 Å². The maximum Gasteiger partial charge on any atom is 0.191 e. The number of halogens is 1. The van der Waals surface area contributed by atoms with Gasteiger partial charge in [-0.05, 0) is 44.2 Å². The van der Waals surface area contributed by atoms with E-state index >= 15 is 0 Å². The number of thiocarbonyl (C=S) groups is 1. The summed E-state index contributed by atoms with van der Waals surface area (Å²) in [6.45, 7) is 5.96. The first kappa shape index (κ1) is 25.8. The molecule has 0 fully saturated rings. The molecule has 0 aliphatic rings. The van der Waals surface area contributed by atoms with Crippen LogP contribution in [0.3, 0.4) is 0 Å². The summed E-state index contributed by atoms with van der Waals surface area (Å²) in [5.41, 5.74) is 5.15. The lowest BCUT2D eigenvalue weighted by molar-refractivity contribution is 0.613. The van der Waals surface area contributed by atoms with Crippen LogP contribution in [0.1, 0.15) is 20.8 Å². The molecular weight excluding hydrogens is 417 g/mol. The second-order valence-corrected chi connectivity index (χ2v) is 5.87. The average molecular weight is 447 g/mol. The highest BCUT2D eigenvalue weighted by atomic mass is 127. The summed E-state index contributed by atoms with van der Waals surface area (Å²) < 4.78 is 0. The highest BCUT2D eigenvalue weighted by Gasteiger charge is 1.97. The van der Waals surface area contributed by atoms with E-state index in [0.29, 0.717) is 5.37 Å². The Morgan fingerprint density at radius 2 is 1.48 bits per heavy atom. The standard InChI is InChI=1S/C7H16N2S.C5H11N3S.CH3I/c1-6(9(3)4)8-7(2)10-5;1-4(8(2)3)7-5(6)9;1-2/h7H,1-5H3;1-3H3,(H2,6,9);1H3. The van der Waals surface area contributed by atoms with Gasteiger partial charge >= 0.3 is 0 Å². The Morgan fingerprint density at radius 1 is 1.10 bits per heavy atom. The monoisotopic (exact) mass is 447 g/mol. The molecule has 0 saturated heterocycles. The van der Waals surface area contributed by atoms with Crippen LogP contribution in [-0.2, 0) is 0 Å². The third kappa shape index (κ3) is 19.9. The Balaban J connectivity index is -0.000000277. The Hall–Kier alpha value is -0.0900. The molecule has 0 radical (unpaired) electrons. The molecule has 0 bridgehead atoms. The molecule has 2 N–H and O–H groups in total. The fourth-order valence-electron chi connectivity index (χ4n) is 0.691. The fraction of sp³-hybridized carbons (Fsp3) is 0.769. The van der Waals surface area contributed by atoms with Crippen molar-refractivity contribution < 1.29 is 0 Å². The molecule has 1 unspecified atom stereocenters. The molecule has 0 aliphatic carbocycles. The zero-order chi connectivity index (χ0) is 17.6. The van der Waals surface area contributed by atoms with Gasteiger partial charge in [0.05, 0.1) is 11.2 Å². The number of amidine groups is 2. The highest BCUT2D eigenvalue weighted by molar-refractivity contribution is 14.1. The lowest BCUT2D eigenvalue weighted by Crippen LogP contribution is -2.21. The minimum Gasteiger partial charge on any atom is -0.374 e. The van der Waals surface area contributed by atoms with Crippen molar-refractivity contribution >= 4 is 63.4 Å². The number of rotatable bonds is 2. The molecule has 0 aromatic heterocycles. The minimum absolute atomic E-state index is 0.182. The number of nitrogens with two attached hydrogens (primary N) is 1. The first-order chi connectivity index (χ1) is 9.61. The minimum atomic E-state index is 0.182. The van der Waals surface area contributed by atoms with Crippen molar-refractivity contribution in [2.75, 3.05) is 39.4 Å². The van der Waals surface area contributed by atoms with Gasteiger partial charge in [0.15, 0.2) is 5.11 Å². The molecule has 0 heterocycles. The Labute approximate surface area is 154 Å². The molecule has 0 spiro atoms. The van der Waals surface area contributed by atoms with Crippen molar-refractivity contribution in [2.45, 2.75) is 26.1 Å². The van der Waals surface area contributed by atoms with Crippen molar-refractivity contribution in [2.24, 2.45) is 15.7 Å². The van der Waals surface area contributed by atoms with Crippen LogP contribution in [0.2, 0.25) is 0 Å². The summed E-state index contributed by atoms with van der Waals surface area (Å²) in [7, 11) is 7.78. The number of nitrogens with zero attached hydrogens (tertiary/aromatic N) is 4. The normalized spacial score (nSPS) is 12.3. The number of aliphatic imine (C=N–C) groups is 2. The summed E-state index contributed by atoms with van der Waals surface area (Å²) in [5.74, 6) is 1.91. The molecule has 0 aliphatic heterocycles.